The van der Waals surface area contributed by atoms with E-state index < -0.39 is 10.8 Å². The average molecular weight is 752 g/mol. The minimum atomic E-state index is -0.455. The largest absolute Gasteiger partial charge is 0.456 e. The number of nitrogens with zero attached hydrogens (tertiary/aromatic N) is 1. The minimum absolute atomic E-state index is 0.448. The Morgan fingerprint density at radius 3 is 1.51 bits per heavy atom. The molecule has 9 aromatic carbocycles. The first kappa shape index (κ1) is 32.6. The zero-order valence-corrected chi connectivity index (χ0v) is 32.5. The first-order valence-electron chi connectivity index (χ1n) is 20.6. The predicted octanol–water partition coefficient (Wildman–Crippen LogP) is 14.7. The van der Waals surface area contributed by atoms with Gasteiger partial charge in [-0.05, 0) is 104 Å². The van der Waals surface area contributed by atoms with Crippen molar-refractivity contribution in [3.05, 3.63) is 245 Å². The lowest BCUT2D eigenvalue weighted by atomic mass is 9.70. The first-order valence-corrected chi connectivity index (χ1v) is 20.6. The van der Waals surface area contributed by atoms with Crippen LogP contribution >= 0.6 is 0 Å². The number of furan rings is 1. The zero-order valence-electron chi connectivity index (χ0n) is 32.5. The van der Waals surface area contributed by atoms with E-state index in [9.17, 15) is 0 Å². The summed E-state index contributed by atoms with van der Waals surface area (Å²) in [5, 5.41) is 2.29. The van der Waals surface area contributed by atoms with Crippen molar-refractivity contribution in [3.63, 3.8) is 0 Å². The molecule has 0 unspecified atom stereocenters. The molecule has 3 aliphatic carbocycles. The normalized spacial score (nSPS) is 14.5. The molecule has 0 fully saturated rings. The molecule has 0 amide bonds. The quantitative estimate of drug-likeness (QED) is 0.178. The smallest absolute Gasteiger partial charge is 0.137 e. The molecule has 0 N–H and O–H groups in total. The van der Waals surface area contributed by atoms with Crippen molar-refractivity contribution in [2.24, 2.45) is 0 Å². The topological polar surface area (TPSA) is 16.4 Å². The highest BCUT2D eigenvalue weighted by molar-refractivity contribution is 6.10. The summed E-state index contributed by atoms with van der Waals surface area (Å²) in [6, 6.07) is 76.2. The number of anilines is 3. The number of hydrogen-bond acceptors (Lipinski definition) is 2. The highest BCUT2D eigenvalue weighted by atomic mass is 16.3. The zero-order chi connectivity index (χ0) is 38.9. The van der Waals surface area contributed by atoms with Crippen LogP contribution in [0.4, 0.5) is 17.1 Å². The number of hydrogen-bond donors (Lipinski definition) is 0. The Hall–Kier alpha value is -7.42. The minimum Gasteiger partial charge on any atom is -0.456 e. The number of fused-ring (bicyclic) bond motifs is 16. The molecule has 13 rings (SSSR count). The standard InChI is InChI=1S/C57H37NO/c1-56(44-26-11-5-20-38(44)39-21-6-12-27-45(39)56)50-34-37(35-53-55(50)43-25-10-16-33-52(43)59-53)58(36-18-3-2-4-19-36)51-32-17-31-49-54(51)42-24-9-15-30-48(42)57(49)46-28-13-7-22-40(46)41-23-8-14-29-47(41)57/h2-35H,1H3. The Bertz CT molecular complexity index is 3280. The number of para-hydroxylation sites is 2. The van der Waals surface area contributed by atoms with E-state index in [1.165, 1.54) is 72.3 Å². The highest BCUT2D eigenvalue weighted by Crippen LogP contribution is 2.65. The van der Waals surface area contributed by atoms with Crippen LogP contribution in [0, 0.1) is 0 Å². The van der Waals surface area contributed by atoms with Gasteiger partial charge in [-0.2, -0.15) is 0 Å². The van der Waals surface area contributed by atoms with Crippen LogP contribution in [0.2, 0.25) is 0 Å². The van der Waals surface area contributed by atoms with Gasteiger partial charge < -0.3 is 9.32 Å². The van der Waals surface area contributed by atoms with Gasteiger partial charge in [-0.15, -0.1) is 0 Å². The lowest BCUT2D eigenvalue weighted by Gasteiger charge is -2.33. The second-order valence-electron chi connectivity index (χ2n) is 16.4. The lowest BCUT2D eigenvalue weighted by molar-refractivity contribution is 0.666. The van der Waals surface area contributed by atoms with E-state index in [-0.39, 0.29) is 0 Å². The van der Waals surface area contributed by atoms with Crippen LogP contribution in [0.1, 0.15) is 45.9 Å². The first-order chi connectivity index (χ1) is 29.2. The molecule has 1 spiro atoms. The Labute approximate surface area is 343 Å². The van der Waals surface area contributed by atoms with E-state index in [2.05, 4.69) is 218 Å². The van der Waals surface area contributed by atoms with E-state index in [4.69, 9.17) is 4.42 Å². The van der Waals surface area contributed by atoms with Crippen molar-refractivity contribution in [3.8, 4) is 33.4 Å². The van der Waals surface area contributed by atoms with Crippen LogP contribution in [0.25, 0.3) is 55.3 Å². The molecule has 10 aromatic rings. The summed E-state index contributed by atoms with van der Waals surface area (Å²) in [6.45, 7) is 2.42. The molecule has 0 atom stereocenters. The fourth-order valence-electron chi connectivity index (χ4n) is 11.4. The van der Waals surface area contributed by atoms with Crippen LogP contribution in [-0.2, 0) is 10.8 Å². The molecule has 0 bridgehead atoms. The van der Waals surface area contributed by atoms with Crippen LogP contribution in [-0.4, -0.2) is 0 Å². The third-order valence-corrected chi connectivity index (χ3v) is 13.7. The van der Waals surface area contributed by atoms with Gasteiger partial charge in [0.25, 0.3) is 0 Å². The van der Waals surface area contributed by atoms with E-state index in [1.807, 2.05) is 0 Å². The van der Waals surface area contributed by atoms with Gasteiger partial charge in [-0.3, -0.25) is 0 Å². The van der Waals surface area contributed by atoms with Gasteiger partial charge in [-0.25, -0.2) is 0 Å². The van der Waals surface area contributed by atoms with Gasteiger partial charge in [0.15, 0.2) is 0 Å². The van der Waals surface area contributed by atoms with E-state index >= 15 is 0 Å². The van der Waals surface area contributed by atoms with Gasteiger partial charge >= 0.3 is 0 Å². The summed E-state index contributed by atoms with van der Waals surface area (Å²) in [6.07, 6.45) is 0. The number of rotatable bonds is 4. The van der Waals surface area contributed by atoms with Crippen molar-refractivity contribution >= 4 is 39.0 Å². The van der Waals surface area contributed by atoms with Crippen molar-refractivity contribution in [2.45, 2.75) is 17.8 Å². The van der Waals surface area contributed by atoms with Crippen molar-refractivity contribution in [2.75, 3.05) is 4.90 Å². The van der Waals surface area contributed by atoms with Gasteiger partial charge in [-0.1, -0.05) is 170 Å². The van der Waals surface area contributed by atoms with Crippen LogP contribution < -0.4 is 4.90 Å². The van der Waals surface area contributed by atoms with E-state index in [0.29, 0.717) is 0 Å². The molecular weight excluding hydrogens is 715 g/mol. The Kier molecular flexibility index (Phi) is 6.54. The SMILES string of the molecule is CC1(c2cc(N(c3ccccc3)c3cccc4c3-c3ccccc3C43c4ccccc4-c4ccccc43)cc3oc4ccccc4c23)c2ccccc2-c2ccccc21. The van der Waals surface area contributed by atoms with Crippen LogP contribution in [0.5, 0.6) is 0 Å². The monoisotopic (exact) mass is 751 g/mol. The fourth-order valence-corrected chi connectivity index (χ4v) is 11.4. The van der Waals surface area contributed by atoms with Gasteiger partial charge in [0.1, 0.15) is 11.2 Å². The maximum atomic E-state index is 6.91. The Morgan fingerprint density at radius 1 is 0.373 bits per heavy atom. The second kappa shape index (κ2) is 11.8. The molecule has 1 aromatic heterocycles. The summed E-state index contributed by atoms with van der Waals surface area (Å²) in [4.78, 5) is 2.48. The molecule has 0 saturated heterocycles. The lowest BCUT2D eigenvalue weighted by Crippen LogP contribution is -2.26. The Morgan fingerprint density at radius 2 is 0.864 bits per heavy atom. The van der Waals surface area contributed by atoms with Crippen molar-refractivity contribution in [1.29, 1.82) is 0 Å². The molecule has 2 nitrogen and oxygen atoms in total. The molecule has 1 heterocycles. The van der Waals surface area contributed by atoms with Gasteiger partial charge in [0, 0.05) is 33.5 Å². The van der Waals surface area contributed by atoms with Crippen molar-refractivity contribution < 1.29 is 4.42 Å². The third-order valence-electron chi connectivity index (χ3n) is 13.7. The fraction of sp³-hybridized carbons (Fsp3) is 0.0526. The summed E-state index contributed by atoms with van der Waals surface area (Å²) in [5.41, 5.74) is 21.0. The molecule has 0 radical (unpaired) electrons. The van der Waals surface area contributed by atoms with E-state index in [1.54, 1.807) is 0 Å². The summed E-state index contributed by atoms with van der Waals surface area (Å²) in [5.74, 6) is 0. The maximum Gasteiger partial charge on any atom is 0.137 e. The third kappa shape index (κ3) is 4.10. The summed E-state index contributed by atoms with van der Waals surface area (Å²) >= 11 is 0. The second-order valence-corrected chi connectivity index (χ2v) is 16.4. The summed E-state index contributed by atoms with van der Waals surface area (Å²) < 4.78 is 6.91. The van der Waals surface area contributed by atoms with E-state index in [0.717, 1.165) is 39.0 Å². The van der Waals surface area contributed by atoms with Gasteiger partial charge in [0.2, 0.25) is 0 Å². The molecular formula is C57H37NO. The van der Waals surface area contributed by atoms with Crippen molar-refractivity contribution in [1.82, 2.24) is 0 Å². The molecule has 3 aliphatic rings. The van der Waals surface area contributed by atoms with Gasteiger partial charge in [0.05, 0.1) is 16.8 Å². The highest BCUT2D eigenvalue weighted by Gasteiger charge is 2.52. The predicted molar refractivity (Wildman–Crippen MR) is 242 cm³/mol. The molecule has 59 heavy (non-hydrogen) atoms. The number of benzene rings is 9. The molecule has 0 saturated carbocycles. The maximum absolute atomic E-state index is 6.91. The molecule has 2 heteroatoms. The molecule has 0 aliphatic heterocycles. The average Bonchev–Trinajstić information content (AvgIpc) is 4.00. The summed E-state index contributed by atoms with van der Waals surface area (Å²) in [7, 11) is 0. The van der Waals surface area contributed by atoms with Crippen LogP contribution in [0.3, 0.4) is 0 Å². The molecule has 276 valence electrons. The Balaban J connectivity index is 1.14. The van der Waals surface area contributed by atoms with Crippen LogP contribution in [0.15, 0.2) is 211 Å².